The Morgan fingerprint density at radius 3 is 2.42 bits per heavy atom. The molecule has 0 aliphatic carbocycles. The second-order valence-corrected chi connectivity index (χ2v) is 9.43. The fourth-order valence-electron chi connectivity index (χ4n) is 3.07. The minimum atomic E-state index is -1.85. The van der Waals surface area contributed by atoms with Crippen LogP contribution in [0.4, 0.5) is 5.69 Å². The first-order valence-electron chi connectivity index (χ1n) is 9.31. The number of nitrogens with one attached hydrogen (secondary N) is 3. The van der Waals surface area contributed by atoms with Crippen molar-refractivity contribution >= 4 is 74.5 Å². The number of alkyl halides is 3. The molecule has 5 nitrogen and oxygen atoms in total. The van der Waals surface area contributed by atoms with Crippen molar-refractivity contribution in [1.82, 2.24) is 10.6 Å². The summed E-state index contributed by atoms with van der Waals surface area (Å²) in [5.41, 5.74) is 1.50. The molecule has 0 fully saturated rings. The van der Waals surface area contributed by atoms with Gasteiger partial charge in [0.05, 0.1) is 19.2 Å². The molecule has 3 rings (SSSR count). The number of hydrogen-bond acceptors (Lipinski definition) is 3. The summed E-state index contributed by atoms with van der Waals surface area (Å²) in [6.07, 6.45) is -0.942. The van der Waals surface area contributed by atoms with Crippen LogP contribution in [-0.4, -0.2) is 28.1 Å². The third kappa shape index (κ3) is 6.37. The standard InChI is InChI=1S/C22H20Cl3N3O2S/c1-30-18-12-5-4-11-17(18)26-21(31)28-20(22(23,24)25)27-19(29)13-15-9-6-8-14-7-2-3-10-16(14)15/h2-12,20H,13H2,1H3,(H,27,29)(H2,26,28,31)/t20-/m1/s1. The Labute approximate surface area is 201 Å². The number of rotatable bonds is 6. The second-order valence-electron chi connectivity index (χ2n) is 6.66. The minimum Gasteiger partial charge on any atom is -0.495 e. The van der Waals surface area contributed by atoms with Gasteiger partial charge in [-0.15, -0.1) is 0 Å². The highest BCUT2D eigenvalue weighted by Crippen LogP contribution is 2.30. The van der Waals surface area contributed by atoms with Crippen LogP contribution in [0.15, 0.2) is 66.7 Å². The van der Waals surface area contributed by atoms with E-state index in [1.54, 1.807) is 19.2 Å². The number of hydrogen-bond donors (Lipinski definition) is 3. The molecular weight excluding hydrogens is 477 g/mol. The fourth-order valence-corrected chi connectivity index (χ4v) is 3.62. The zero-order valence-corrected chi connectivity index (χ0v) is 19.6. The molecule has 162 valence electrons. The van der Waals surface area contributed by atoms with Crippen molar-refractivity contribution in [2.24, 2.45) is 0 Å². The summed E-state index contributed by atoms with van der Waals surface area (Å²) in [5, 5.41) is 10.7. The van der Waals surface area contributed by atoms with E-state index in [4.69, 9.17) is 51.8 Å². The third-order valence-corrected chi connectivity index (χ3v) is 5.37. The summed E-state index contributed by atoms with van der Waals surface area (Å²) in [5.74, 6) is 0.275. The maximum atomic E-state index is 12.7. The molecule has 31 heavy (non-hydrogen) atoms. The number of carbonyl (C=O) groups is 1. The van der Waals surface area contributed by atoms with E-state index in [1.807, 2.05) is 54.6 Å². The molecule has 0 bridgehead atoms. The van der Waals surface area contributed by atoms with E-state index in [0.29, 0.717) is 11.4 Å². The first kappa shape index (κ1) is 23.4. The van der Waals surface area contributed by atoms with Crippen LogP contribution in [0.1, 0.15) is 5.56 Å². The van der Waals surface area contributed by atoms with E-state index < -0.39 is 9.96 Å². The number of ether oxygens (including phenoxy) is 1. The van der Waals surface area contributed by atoms with Gasteiger partial charge in [0.1, 0.15) is 11.9 Å². The zero-order valence-electron chi connectivity index (χ0n) is 16.5. The number of thiocarbonyl (C=S) groups is 1. The van der Waals surface area contributed by atoms with Gasteiger partial charge < -0.3 is 20.7 Å². The highest BCUT2D eigenvalue weighted by Gasteiger charge is 2.34. The molecule has 0 saturated heterocycles. The number of benzene rings is 3. The molecule has 3 aromatic carbocycles. The molecule has 0 aliphatic rings. The topological polar surface area (TPSA) is 62.4 Å². The average molecular weight is 497 g/mol. The molecule has 0 unspecified atom stereocenters. The SMILES string of the molecule is COc1ccccc1NC(=S)N[C@@H](NC(=O)Cc1cccc2ccccc12)C(Cl)(Cl)Cl. The lowest BCUT2D eigenvalue weighted by atomic mass is 10.0. The highest BCUT2D eigenvalue weighted by atomic mass is 35.6. The van der Waals surface area contributed by atoms with Crippen LogP contribution in [0.5, 0.6) is 5.75 Å². The molecule has 0 spiro atoms. The van der Waals surface area contributed by atoms with Crippen molar-refractivity contribution in [3.8, 4) is 5.75 Å². The summed E-state index contributed by atoms with van der Waals surface area (Å²) in [7, 11) is 1.55. The van der Waals surface area contributed by atoms with Crippen LogP contribution in [-0.2, 0) is 11.2 Å². The Bertz CT molecular complexity index is 1080. The smallest absolute Gasteiger partial charge is 0.228 e. The average Bonchev–Trinajstić information content (AvgIpc) is 2.73. The van der Waals surface area contributed by atoms with Gasteiger partial charge in [0.2, 0.25) is 9.70 Å². The van der Waals surface area contributed by atoms with Crippen LogP contribution < -0.4 is 20.7 Å². The van der Waals surface area contributed by atoms with Crippen LogP contribution >= 0.6 is 47.0 Å². The molecule has 0 aliphatic heterocycles. The van der Waals surface area contributed by atoms with E-state index in [0.717, 1.165) is 16.3 Å². The first-order valence-corrected chi connectivity index (χ1v) is 10.9. The summed E-state index contributed by atoms with van der Waals surface area (Å²) in [4.78, 5) is 12.7. The van der Waals surface area contributed by atoms with Gasteiger partial charge in [0.25, 0.3) is 0 Å². The lowest BCUT2D eigenvalue weighted by molar-refractivity contribution is -0.121. The summed E-state index contributed by atoms with van der Waals surface area (Å²) in [6, 6.07) is 20.9. The van der Waals surface area contributed by atoms with Gasteiger partial charge in [-0.05, 0) is 40.7 Å². The van der Waals surface area contributed by atoms with Crippen molar-refractivity contribution in [3.05, 3.63) is 72.3 Å². The Balaban J connectivity index is 1.69. The number of anilines is 1. The third-order valence-electron chi connectivity index (χ3n) is 4.49. The molecule has 9 heteroatoms. The van der Waals surface area contributed by atoms with E-state index in [9.17, 15) is 4.79 Å². The van der Waals surface area contributed by atoms with E-state index in [2.05, 4.69) is 16.0 Å². The van der Waals surface area contributed by atoms with Crippen molar-refractivity contribution in [2.45, 2.75) is 16.4 Å². The van der Waals surface area contributed by atoms with Crippen molar-refractivity contribution in [1.29, 1.82) is 0 Å². The van der Waals surface area contributed by atoms with Crippen LogP contribution in [0.3, 0.4) is 0 Å². The summed E-state index contributed by atoms with van der Waals surface area (Å²) < 4.78 is 3.44. The van der Waals surface area contributed by atoms with E-state index in [-0.39, 0.29) is 17.4 Å². The highest BCUT2D eigenvalue weighted by molar-refractivity contribution is 7.80. The van der Waals surface area contributed by atoms with Crippen molar-refractivity contribution < 1.29 is 9.53 Å². The molecule has 3 N–H and O–H groups in total. The maximum absolute atomic E-state index is 12.7. The lowest BCUT2D eigenvalue weighted by Crippen LogP contribution is -2.56. The molecular formula is C22H20Cl3N3O2S. The van der Waals surface area contributed by atoms with Crippen LogP contribution in [0, 0.1) is 0 Å². The number of methoxy groups -OCH3 is 1. The number of carbonyl (C=O) groups excluding carboxylic acids is 1. The number of para-hydroxylation sites is 2. The Morgan fingerprint density at radius 1 is 1.00 bits per heavy atom. The van der Waals surface area contributed by atoms with E-state index >= 15 is 0 Å². The maximum Gasteiger partial charge on any atom is 0.228 e. The van der Waals surface area contributed by atoms with Gasteiger partial charge >= 0.3 is 0 Å². The van der Waals surface area contributed by atoms with Gasteiger partial charge in [0, 0.05) is 0 Å². The molecule has 0 aromatic heterocycles. The zero-order chi connectivity index (χ0) is 22.4. The molecule has 0 heterocycles. The normalized spacial score (nSPS) is 12.1. The van der Waals surface area contributed by atoms with Crippen molar-refractivity contribution in [3.63, 3.8) is 0 Å². The monoisotopic (exact) mass is 495 g/mol. The Morgan fingerprint density at radius 2 is 1.68 bits per heavy atom. The van der Waals surface area contributed by atoms with Crippen LogP contribution in [0.25, 0.3) is 10.8 Å². The van der Waals surface area contributed by atoms with Gasteiger partial charge in [-0.2, -0.15) is 0 Å². The van der Waals surface area contributed by atoms with Crippen molar-refractivity contribution in [2.75, 3.05) is 12.4 Å². The predicted octanol–water partition coefficient (Wildman–Crippen LogP) is 5.19. The number of halogens is 3. The predicted molar refractivity (Wildman–Crippen MR) is 132 cm³/mol. The van der Waals surface area contributed by atoms with Crippen LogP contribution in [0.2, 0.25) is 0 Å². The Kier molecular flexibility index (Phi) is 7.84. The molecule has 1 amide bonds. The number of amides is 1. The minimum absolute atomic E-state index is 0.118. The molecule has 3 aromatic rings. The Hall–Kier alpha value is -2.25. The van der Waals surface area contributed by atoms with E-state index in [1.165, 1.54) is 0 Å². The molecule has 0 radical (unpaired) electrons. The summed E-state index contributed by atoms with van der Waals surface area (Å²) >= 11 is 23.6. The number of fused-ring (bicyclic) bond motifs is 1. The second kappa shape index (κ2) is 10.4. The van der Waals surface area contributed by atoms with Gasteiger partial charge in [-0.25, -0.2) is 0 Å². The molecule has 1 atom stereocenters. The fraction of sp³-hybridized carbons (Fsp3) is 0.182. The largest absolute Gasteiger partial charge is 0.495 e. The molecule has 0 saturated carbocycles. The van der Waals surface area contributed by atoms with Gasteiger partial charge in [0.15, 0.2) is 5.11 Å². The summed E-state index contributed by atoms with van der Waals surface area (Å²) in [6.45, 7) is 0. The first-order chi connectivity index (χ1) is 14.8. The van der Waals surface area contributed by atoms with Gasteiger partial charge in [-0.3, -0.25) is 4.79 Å². The van der Waals surface area contributed by atoms with Gasteiger partial charge in [-0.1, -0.05) is 89.4 Å². The quantitative estimate of drug-likeness (QED) is 0.249. The lowest BCUT2D eigenvalue weighted by Gasteiger charge is -2.28.